The number of nitrogens with one attached hydrogen (secondary N) is 1. The van der Waals surface area contributed by atoms with E-state index in [2.05, 4.69) is 5.32 Å². The summed E-state index contributed by atoms with van der Waals surface area (Å²) in [5, 5.41) is 11.7. The summed E-state index contributed by atoms with van der Waals surface area (Å²) in [7, 11) is 0. The molecular formula is C12H12N2O4. The van der Waals surface area contributed by atoms with Gasteiger partial charge in [-0.25, -0.2) is 0 Å². The molecule has 1 unspecified atom stereocenters. The van der Waals surface area contributed by atoms with Gasteiger partial charge in [-0.3, -0.25) is 19.7 Å². The SMILES string of the molecule is NC(=O)c1cc(C2CCC(=O)NC2=O)ccc1O. The van der Waals surface area contributed by atoms with Crippen molar-refractivity contribution in [1.82, 2.24) is 5.32 Å². The van der Waals surface area contributed by atoms with E-state index in [-0.39, 0.29) is 23.6 Å². The van der Waals surface area contributed by atoms with Gasteiger partial charge in [-0.15, -0.1) is 0 Å². The fourth-order valence-corrected chi connectivity index (χ4v) is 1.98. The number of rotatable bonds is 2. The number of aromatic hydroxyl groups is 1. The van der Waals surface area contributed by atoms with Crippen molar-refractivity contribution in [2.75, 3.05) is 0 Å². The first-order valence-electron chi connectivity index (χ1n) is 5.45. The number of hydrogen-bond donors (Lipinski definition) is 3. The summed E-state index contributed by atoms with van der Waals surface area (Å²) in [6.45, 7) is 0. The maximum Gasteiger partial charge on any atom is 0.252 e. The quantitative estimate of drug-likeness (QED) is 0.640. The molecule has 94 valence electrons. The molecule has 1 aliphatic heterocycles. The van der Waals surface area contributed by atoms with Crippen LogP contribution in [0.3, 0.4) is 0 Å². The topological polar surface area (TPSA) is 109 Å². The Balaban J connectivity index is 2.34. The van der Waals surface area contributed by atoms with Crippen LogP contribution in [0.25, 0.3) is 0 Å². The lowest BCUT2D eigenvalue weighted by Gasteiger charge is -2.21. The zero-order chi connectivity index (χ0) is 13.3. The van der Waals surface area contributed by atoms with Crippen LogP contribution in [0.1, 0.15) is 34.7 Å². The van der Waals surface area contributed by atoms with Crippen LogP contribution in [-0.4, -0.2) is 22.8 Å². The van der Waals surface area contributed by atoms with E-state index in [1.807, 2.05) is 0 Å². The molecule has 18 heavy (non-hydrogen) atoms. The van der Waals surface area contributed by atoms with Gasteiger partial charge in [0.1, 0.15) is 5.75 Å². The van der Waals surface area contributed by atoms with Gasteiger partial charge in [-0.2, -0.15) is 0 Å². The Morgan fingerprint density at radius 3 is 2.72 bits per heavy atom. The number of nitrogens with two attached hydrogens (primary N) is 1. The van der Waals surface area contributed by atoms with Gasteiger partial charge >= 0.3 is 0 Å². The number of phenols is 1. The molecule has 1 saturated heterocycles. The highest BCUT2D eigenvalue weighted by molar-refractivity contribution is 6.01. The predicted octanol–water partition coefficient (Wildman–Crippen LogP) is 0.0113. The summed E-state index contributed by atoms with van der Waals surface area (Å²) in [6, 6.07) is 4.25. The van der Waals surface area contributed by atoms with Gasteiger partial charge in [0.2, 0.25) is 11.8 Å². The largest absolute Gasteiger partial charge is 0.507 e. The second kappa shape index (κ2) is 4.48. The van der Waals surface area contributed by atoms with E-state index in [4.69, 9.17) is 5.73 Å². The van der Waals surface area contributed by atoms with Crippen molar-refractivity contribution in [3.8, 4) is 5.75 Å². The van der Waals surface area contributed by atoms with Crippen molar-refractivity contribution in [2.45, 2.75) is 18.8 Å². The Labute approximate surface area is 103 Å². The van der Waals surface area contributed by atoms with Gasteiger partial charge in [-0.1, -0.05) is 6.07 Å². The van der Waals surface area contributed by atoms with Crippen molar-refractivity contribution < 1.29 is 19.5 Å². The first-order chi connectivity index (χ1) is 8.49. The van der Waals surface area contributed by atoms with E-state index in [0.717, 1.165) is 0 Å². The van der Waals surface area contributed by atoms with Gasteiger partial charge in [0.05, 0.1) is 11.5 Å². The number of benzene rings is 1. The van der Waals surface area contributed by atoms with E-state index in [9.17, 15) is 19.5 Å². The average molecular weight is 248 g/mol. The molecule has 0 aromatic heterocycles. The van der Waals surface area contributed by atoms with E-state index < -0.39 is 17.7 Å². The fraction of sp³-hybridized carbons (Fsp3) is 0.250. The van der Waals surface area contributed by atoms with E-state index in [1.165, 1.54) is 12.1 Å². The van der Waals surface area contributed by atoms with Gasteiger partial charge < -0.3 is 10.8 Å². The van der Waals surface area contributed by atoms with E-state index in [1.54, 1.807) is 6.07 Å². The minimum absolute atomic E-state index is 0.0304. The third-order valence-electron chi connectivity index (χ3n) is 2.93. The minimum Gasteiger partial charge on any atom is -0.507 e. The molecule has 1 aromatic carbocycles. The van der Waals surface area contributed by atoms with Crippen molar-refractivity contribution in [3.05, 3.63) is 29.3 Å². The molecule has 6 heteroatoms. The first kappa shape index (κ1) is 12.1. The summed E-state index contributed by atoms with van der Waals surface area (Å²) in [6.07, 6.45) is 0.636. The molecule has 1 aliphatic rings. The molecule has 0 saturated carbocycles. The summed E-state index contributed by atoms with van der Waals surface area (Å²) >= 11 is 0. The molecular weight excluding hydrogens is 236 g/mol. The number of carbonyl (C=O) groups excluding carboxylic acids is 3. The fourth-order valence-electron chi connectivity index (χ4n) is 1.98. The summed E-state index contributed by atoms with van der Waals surface area (Å²) < 4.78 is 0. The molecule has 3 amide bonds. The van der Waals surface area contributed by atoms with Crippen molar-refractivity contribution >= 4 is 17.7 Å². The van der Waals surface area contributed by atoms with Crippen LogP contribution in [0.4, 0.5) is 0 Å². The number of imide groups is 1. The van der Waals surface area contributed by atoms with Crippen LogP contribution in [0.5, 0.6) is 5.75 Å². The highest BCUT2D eigenvalue weighted by Crippen LogP contribution is 2.28. The lowest BCUT2D eigenvalue weighted by atomic mass is 9.89. The molecule has 4 N–H and O–H groups in total. The van der Waals surface area contributed by atoms with E-state index in [0.29, 0.717) is 12.0 Å². The Morgan fingerprint density at radius 2 is 2.11 bits per heavy atom. The first-order valence-corrected chi connectivity index (χ1v) is 5.45. The third kappa shape index (κ3) is 2.17. The molecule has 0 spiro atoms. The Morgan fingerprint density at radius 1 is 1.39 bits per heavy atom. The second-order valence-corrected chi connectivity index (χ2v) is 4.14. The highest BCUT2D eigenvalue weighted by Gasteiger charge is 2.28. The van der Waals surface area contributed by atoms with Crippen molar-refractivity contribution in [1.29, 1.82) is 0 Å². The Bertz CT molecular complexity index is 539. The normalized spacial score (nSPS) is 19.4. The molecule has 0 bridgehead atoms. The second-order valence-electron chi connectivity index (χ2n) is 4.14. The van der Waals surface area contributed by atoms with Crippen LogP contribution in [0, 0.1) is 0 Å². The van der Waals surface area contributed by atoms with E-state index >= 15 is 0 Å². The number of piperidine rings is 1. The number of carbonyl (C=O) groups is 3. The van der Waals surface area contributed by atoms with Crippen LogP contribution in [0.2, 0.25) is 0 Å². The molecule has 6 nitrogen and oxygen atoms in total. The summed E-state index contributed by atoms with van der Waals surface area (Å²) in [4.78, 5) is 33.8. The van der Waals surface area contributed by atoms with Crippen LogP contribution in [-0.2, 0) is 9.59 Å². The predicted molar refractivity (Wildman–Crippen MR) is 61.7 cm³/mol. The zero-order valence-corrected chi connectivity index (χ0v) is 9.47. The molecule has 1 heterocycles. The molecule has 0 radical (unpaired) electrons. The van der Waals surface area contributed by atoms with Crippen molar-refractivity contribution in [3.63, 3.8) is 0 Å². The van der Waals surface area contributed by atoms with Crippen LogP contribution < -0.4 is 11.1 Å². The number of primary amides is 1. The maximum absolute atomic E-state index is 11.7. The Kier molecular flexibility index (Phi) is 3.01. The molecule has 0 aliphatic carbocycles. The molecule has 2 rings (SSSR count). The van der Waals surface area contributed by atoms with Gasteiger partial charge in [0.15, 0.2) is 0 Å². The lowest BCUT2D eigenvalue weighted by Crippen LogP contribution is -2.39. The Hall–Kier alpha value is -2.37. The van der Waals surface area contributed by atoms with Crippen LogP contribution in [0.15, 0.2) is 18.2 Å². The van der Waals surface area contributed by atoms with Gasteiger partial charge in [0, 0.05) is 6.42 Å². The number of amides is 3. The average Bonchev–Trinajstić information content (AvgIpc) is 2.30. The van der Waals surface area contributed by atoms with Crippen LogP contribution >= 0.6 is 0 Å². The molecule has 1 atom stereocenters. The van der Waals surface area contributed by atoms with Crippen molar-refractivity contribution in [2.24, 2.45) is 5.73 Å². The monoisotopic (exact) mass is 248 g/mol. The minimum atomic E-state index is -0.762. The summed E-state index contributed by atoms with van der Waals surface area (Å²) in [5.74, 6) is -2.18. The maximum atomic E-state index is 11.7. The molecule has 1 aromatic rings. The zero-order valence-electron chi connectivity index (χ0n) is 9.47. The number of hydrogen-bond acceptors (Lipinski definition) is 4. The lowest BCUT2D eigenvalue weighted by molar-refractivity contribution is -0.134. The summed E-state index contributed by atoms with van der Waals surface area (Å²) in [5.41, 5.74) is 5.65. The highest BCUT2D eigenvalue weighted by atomic mass is 16.3. The third-order valence-corrected chi connectivity index (χ3v) is 2.93. The van der Waals surface area contributed by atoms with Gasteiger partial charge in [0.25, 0.3) is 5.91 Å². The standard InChI is InChI=1S/C12H12N2O4/c13-11(17)8-5-6(1-3-9(8)15)7-2-4-10(16)14-12(7)18/h1,3,5,7,15H,2,4H2,(H2,13,17)(H,14,16,18). The van der Waals surface area contributed by atoms with Gasteiger partial charge in [-0.05, 0) is 24.1 Å². The smallest absolute Gasteiger partial charge is 0.252 e. The molecule has 1 fully saturated rings.